The minimum Gasteiger partial charge on any atom is -0.491 e. The van der Waals surface area contributed by atoms with Crippen LogP contribution in [0.3, 0.4) is 0 Å². The number of nitro groups is 1. The molecule has 0 fully saturated rings. The van der Waals surface area contributed by atoms with Crippen LogP contribution in [0.2, 0.25) is 0 Å². The van der Waals surface area contributed by atoms with Gasteiger partial charge in [-0.1, -0.05) is 0 Å². The lowest BCUT2D eigenvalue weighted by atomic mass is 10.2. The van der Waals surface area contributed by atoms with Crippen molar-refractivity contribution in [3.05, 3.63) is 21.7 Å². The maximum Gasteiger partial charge on any atom is 0.374 e. The molecule has 0 spiro atoms. The summed E-state index contributed by atoms with van der Waals surface area (Å²) in [6, 6.07) is 0.523. The Bertz CT molecular complexity index is 589. The monoisotopic (exact) mass is 283 g/mol. The smallest absolute Gasteiger partial charge is 0.374 e. The second kappa shape index (κ2) is 4.78. The number of nitrogens with two attached hydrogens (primary N) is 1. The molecule has 100 valence electrons. The van der Waals surface area contributed by atoms with Gasteiger partial charge in [0.05, 0.1) is 7.11 Å². The normalized spacial score (nSPS) is 11.6. The second-order valence-electron chi connectivity index (χ2n) is 3.01. The van der Waals surface area contributed by atoms with E-state index in [1.54, 1.807) is 0 Å². The third-order valence-corrected chi connectivity index (χ3v) is 2.69. The lowest BCUT2D eigenvalue weighted by Gasteiger charge is -2.06. The van der Waals surface area contributed by atoms with Crippen LogP contribution in [0.15, 0.2) is 11.1 Å². The number of hydrogen-bond acceptors (Lipinski definition) is 6. The van der Waals surface area contributed by atoms with Crippen LogP contribution < -0.4 is 9.88 Å². The van der Waals surface area contributed by atoms with Gasteiger partial charge >= 0.3 is 10.8 Å². The fraction of sp³-hybridized carbons (Fsp3) is 0.286. The summed E-state index contributed by atoms with van der Waals surface area (Å²) >= 11 is 0. The third-order valence-electron chi connectivity index (χ3n) is 1.86. The van der Waals surface area contributed by atoms with Gasteiger partial charge in [-0.05, 0) is 9.91 Å². The van der Waals surface area contributed by atoms with Crippen molar-refractivity contribution in [2.75, 3.05) is 7.11 Å². The summed E-state index contributed by atoms with van der Waals surface area (Å²) in [5.41, 5.74) is -1.05. The Hall–Kier alpha value is -1.88. The van der Waals surface area contributed by atoms with Crippen molar-refractivity contribution in [1.29, 1.82) is 0 Å². The van der Waals surface area contributed by atoms with E-state index >= 15 is 0 Å². The number of halogens is 2. The van der Waals surface area contributed by atoms with Gasteiger partial charge in [-0.25, -0.2) is 22.3 Å². The summed E-state index contributed by atoms with van der Waals surface area (Å²) in [5, 5.41) is 14.3. The van der Waals surface area contributed by atoms with E-state index in [4.69, 9.17) is 5.14 Å². The molecule has 0 aliphatic heterocycles. The van der Waals surface area contributed by atoms with Gasteiger partial charge in [-0.15, -0.1) is 0 Å². The number of nitrogens with zero attached hydrogens (tertiary/aromatic N) is 2. The van der Waals surface area contributed by atoms with Gasteiger partial charge < -0.3 is 14.9 Å². The van der Waals surface area contributed by atoms with Crippen LogP contribution in [0.25, 0.3) is 0 Å². The first-order valence-corrected chi connectivity index (χ1v) is 5.77. The van der Waals surface area contributed by atoms with Crippen LogP contribution in [-0.2, 0) is 10.0 Å². The van der Waals surface area contributed by atoms with E-state index in [0.29, 0.717) is 6.07 Å². The van der Waals surface area contributed by atoms with Crippen molar-refractivity contribution in [3.8, 4) is 5.75 Å². The van der Waals surface area contributed by atoms with Gasteiger partial charge in [0.2, 0.25) is 0 Å². The molecule has 0 aromatic carbocycles. The van der Waals surface area contributed by atoms with Crippen molar-refractivity contribution in [3.63, 3.8) is 0 Å². The van der Waals surface area contributed by atoms with Crippen LogP contribution >= 0.6 is 0 Å². The summed E-state index contributed by atoms with van der Waals surface area (Å²) in [6.07, 6.45) is -3.21. The number of primary sulfonamides is 1. The molecule has 0 saturated carbocycles. The summed E-state index contributed by atoms with van der Waals surface area (Å²) in [7, 11) is -3.44. The van der Waals surface area contributed by atoms with Crippen molar-refractivity contribution in [1.82, 2.24) is 4.98 Å². The van der Waals surface area contributed by atoms with Gasteiger partial charge in [-0.3, -0.25) is 0 Å². The Labute approximate surface area is 99.6 Å². The maximum atomic E-state index is 12.6. The van der Waals surface area contributed by atoms with Crippen molar-refractivity contribution < 1.29 is 26.9 Å². The molecule has 2 N–H and O–H groups in total. The fourth-order valence-corrected chi connectivity index (χ4v) is 1.78. The predicted molar refractivity (Wildman–Crippen MR) is 53.8 cm³/mol. The molecule has 0 saturated heterocycles. The topological polar surface area (TPSA) is 125 Å². The van der Waals surface area contributed by atoms with Crippen LogP contribution in [0.5, 0.6) is 5.75 Å². The molecule has 8 nitrogen and oxygen atoms in total. The largest absolute Gasteiger partial charge is 0.491 e. The molecule has 0 aliphatic carbocycles. The van der Waals surface area contributed by atoms with E-state index in [-0.39, 0.29) is 0 Å². The molecule has 1 rings (SSSR count). The van der Waals surface area contributed by atoms with Gasteiger partial charge in [0.15, 0.2) is 5.75 Å². The fourth-order valence-electron chi connectivity index (χ4n) is 1.14. The molecule has 1 heterocycles. The molecule has 11 heteroatoms. The highest BCUT2D eigenvalue weighted by Gasteiger charge is 2.32. The zero-order valence-corrected chi connectivity index (χ0v) is 9.65. The van der Waals surface area contributed by atoms with E-state index in [1.807, 2.05) is 0 Å². The molecule has 18 heavy (non-hydrogen) atoms. The first kappa shape index (κ1) is 14.2. The Morgan fingerprint density at radius 1 is 1.56 bits per heavy atom. The Morgan fingerprint density at radius 3 is 2.44 bits per heavy atom. The SMILES string of the molecule is COc1cc(C(F)F)c([N+](=O)[O-])nc1S(N)(=O)=O. The Kier molecular flexibility index (Phi) is 3.76. The minimum absolute atomic E-state index is 0.523. The minimum atomic E-state index is -4.43. The number of sulfonamides is 1. The Balaban J connectivity index is 3.68. The average molecular weight is 283 g/mol. The van der Waals surface area contributed by atoms with E-state index in [2.05, 4.69) is 9.72 Å². The summed E-state index contributed by atoms with van der Waals surface area (Å²) < 4.78 is 51.8. The van der Waals surface area contributed by atoms with Crippen molar-refractivity contribution >= 4 is 15.8 Å². The number of alkyl halides is 2. The molecular formula is C7H7F2N3O5S. The van der Waals surface area contributed by atoms with Crippen LogP contribution in [0, 0.1) is 10.1 Å². The van der Waals surface area contributed by atoms with Crippen LogP contribution in [0.4, 0.5) is 14.6 Å². The molecule has 0 atom stereocenters. The highest BCUT2D eigenvalue weighted by Crippen LogP contribution is 2.33. The van der Waals surface area contributed by atoms with E-state index in [9.17, 15) is 27.3 Å². The number of methoxy groups -OCH3 is 1. The lowest BCUT2D eigenvalue weighted by molar-refractivity contribution is -0.391. The number of hydrogen-bond donors (Lipinski definition) is 1. The summed E-state index contributed by atoms with van der Waals surface area (Å²) in [6.45, 7) is 0. The lowest BCUT2D eigenvalue weighted by Crippen LogP contribution is -2.17. The molecule has 0 unspecified atom stereocenters. The third kappa shape index (κ3) is 2.68. The first-order valence-electron chi connectivity index (χ1n) is 4.22. The molecule has 0 amide bonds. The highest BCUT2D eigenvalue weighted by atomic mass is 32.2. The zero-order chi connectivity index (χ0) is 14.1. The van der Waals surface area contributed by atoms with E-state index < -0.39 is 43.5 Å². The maximum absolute atomic E-state index is 12.6. The molecule has 0 radical (unpaired) electrons. The molecule has 0 aliphatic rings. The van der Waals surface area contributed by atoms with Crippen molar-refractivity contribution in [2.45, 2.75) is 11.5 Å². The van der Waals surface area contributed by atoms with Gasteiger partial charge in [0, 0.05) is 6.07 Å². The number of aromatic nitrogens is 1. The first-order chi connectivity index (χ1) is 8.18. The molecule has 1 aromatic heterocycles. The predicted octanol–water partition coefficient (Wildman–Crippen LogP) is 0.583. The van der Waals surface area contributed by atoms with Gasteiger partial charge in [-0.2, -0.15) is 0 Å². The van der Waals surface area contributed by atoms with E-state index in [1.165, 1.54) is 0 Å². The van der Waals surface area contributed by atoms with E-state index in [0.717, 1.165) is 7.11 Å². The van der Waals surface area contributed by atoms with Gasteiger partial charge in [0.1, 0.15) is 5.56 Å². The van der Waals surface area contributed by atoms with Crippen molar-refractivity contribution in [2.24, 2.45) is 5.14 Å². The Morgan fingerprint density at radius 2 is 2.11 bits per heavy atom. The summed E-state index contributed by atoms with van der Waals surface area (Å²) in [4.78, 5) is 12.3. The quantitative estimate of drug-likeness (QED) is 0.636. The average Bonchev–Trinajstić information content (AvgIpc) is 2.25. The number of ether oxygens (including phenoxy) is 1. The highest BCUT2D eigenvalue weighted by molar-refractivity contribution is 7.89. The molecular weight excluding hydrogens is 276 g/mol. The molecule has 1 aromatic rings. The van der Waals surface area contributed by atoms with Crippen LogP contribution in [-0.4, -0.2) is 25.4 Å². The standard InChI is InChI=1S/C7H7F2N3O5S/c1-17-4-2-3(5(8)9)6(12(13)14)11-7(4)18(10,15)16/h2,5H,1H3,(H2,10,15,16). The molecule has 0 bridgehead atoms. The summed E-state index contributed by atoms with van der Waals surface area (Å²) in [5.74, 6) is -1.87. The van der Waals surface area contributed by atoms with Crippen LogP contribution in [0.1, 0.15) is 12.0 Å². The zero-order valence-electron chi connectivity index (χ0n) is 8.83. The van der Waals surface area contributed by atoms with Gasteiger partial charge in [0.25, 0.3) is 16.4 Å². The second-order valence-corrected chi connectivity index (χ2v) is 4.49. The number of rotatable bonds is 4. The number of pyridine rings is 1.